The summed E-state index contributed by atoms with van der Waals surface area (Å²) in [6.07, 6.45) is 9.32. The Morgan fingerprint density at radius 1 is 1.17 bits per heavy atom. The molecule has 0 atom stereocenters. The zero-order chi connectivity index (χ0) is 9.07. The fourth-order valence-electron chi connectivity index (χ4n) is 0.809. The van der Waals surface area contributed by atoms with E-state index in [2.05, 4.69) is 5.92 Å². The van der Waals surface area contributed by atoms with Crippen LogP contribution in [0, 0.1) is 12.3 Å². The second kappa shape index (κ2) is 10.5. The van der Waals surface area contributed by atoms with Crippen molar-refractivity contribution in [1.29, 1.82) is 0 Å². The third kappa shape index (κ3) is 9.48. The van der Waals surface area contributed by atoms with Gasteiger partial charge in [0.1, 0.15) is 6.79 Å². The van der Waals surface area contributed by atoms with E-state index in [4.69, 9.17) is 15.9 Å². The third-order valence-electron chi connectivity index (χ3n) is 1.48. The molecule has 0 fully saturated rings. The van der Waals surface area contributed by atoms with Crippen LogP contribution in [0.15, 0.2) is 0 Å². The highest BCUT2D eigenvalue weighted by atomic mass is 16.7. The molecule has 0 N–H and O–H groups in total. The zero-order valence-electron chi connectivity index (χ0n) is 7.84. The van der Waals surface area contributed by atoms with Gasteiger partial charge in [-0.2, -0.15) is 0 Å². The van der Waals surface area contributed by atoms with Crippen molar-refractivity contribution >= 4 is 0 Å². The van der Waals surface area contributed by atoms with E-state index in [1.807, 2.05) is 6.92 Å². The summed E-state index contributed by atoms with van der Waals surface area (Å²) in [6.45, 7) is 3.88. The summed E-state index contributed by atoms with van der Waals surface area (Å²) in [5.74, 6) is 2.61. The van der Waals surface area contributed by atoms with Crippen molar-refractivity contribution in [3.05, 3.63) is 0 Å². The van der Waals surface area contributed by atoms with E-state index in [9.17, 15) is 0 Å². The van der Waals surface area contributed by atoms with Crippen molar-refractivity contribution < 1.29 is 9.47 Å². The minimum Gasteiger partial charge on any atom is -0.356 e. The van der Waals surface area contributed by atoms with Gasteiger partial charge >= 0.3 is 0 Å². The van der Waals surface area contributed by atoms with Crippen molar-refractivity contribution in [3.63, 3.8) is 0 Å². The van der Waals surface area contributed by atoms with Gasteiger partial charge in [-0.05, 0) is 19.8 Å². The van der Waals surface area contributed by atoms with Gasteiger partial charge in [-0.1, -0.05) is 6.42 Å². The van der Waals surface area contributed by atoms with Crippen LogP contribution in [0.5, 0.6) is 0 Å². The molecule has 70 valence electrons. The van der Waals surface area contributed by atoms with Gasteiger partial charge in [0.2, 0.25) is 0 Å². The Bertz CT molecular complexity index is 115. The standard InChI is InChI=1S/C10H18O2/c1-3-5-6-7-8-9-12-10-11-4-2/h1H,4-10H2,2H3. The maximum atomic E-state index is 5.18. The van der Waals surface area contributed by atoms with Crippen LogP contribution in [0.1, 0.15) is 32.6 Å². The molecule has 2 nitrogen and oxygen atoms in total. The lowest BCUT2D eigenvalue weighted by Gasteiger charge is -2.02. The number of rotatable bonds is 8. The second-order valence-corrected chi connectivity index (χ2v) is 2.53. The average Bonchev–Trinajstić information content (AvgIpc) is 2.10. The molecule has 0 spiro atoms. The molecule has 0 aliphatic carbocycles. The highest BCUT2D eigenvalue weighted by Gasteiger charge is 1.88. The summed E-state index contributed by atoms with van der Waals surface area (Å²) in [5, 5.41) is 0. The quantitative estimate of drug-likeness (QED) is 0.316. The van der Waals surface area contributed by atoms with E-state index < -0.39 is 0 Å². The topological polar surface area (TPSA) is 18.5 Å². The number of hydrogen-bond acceptors (Lipinski definition) is 2. The zero-order valence-corrected chi connectivity index (χ0v) is 7.84. The van der Waals surface area contributed by atoms with Gasteiger partial charge in [-0.15, -0.1) is 12.3 Å². The first-order valence-corrected chi connectivity index (χ1v) is 4.50. The Morgan fingerprint density at radius 2 is 2.00 bits per heavy atom. The van der Waals surface area contributed by atoms with E-state index in [-0.39, 0.29) is 0 Å². The fraction of sp³-hybridized carbons (Fsp3) is 0.800. The van der Waals surface area contributed by atoms with Crippen molar-refractivity contribution in [3.8, 4) is 12.3 Å². The number of ether oxygens (including phenoxy) is 2. The predicted octanol–water partition coefficient (Wildman–Crippen LogP) is 2.19. The van der Waals surface area contributed by atoms with Crippen LogP contribution in [-0.4, -0.2) is 20.0 Å². The maximum Gasteiger partial charge on any atom is 0.146 e. The minimum atomic E-state index is 0.422. The Labute approximate surface area is 75.3 Å². The summed E-state index contributed by atoms with van der Waals surface area (Å²) < 4.78 is 10.2. The molecular formula is C10H18O2. The van der Waals surface area contributed by atoms with Crippen molar-refractivity contribution in [2.75, 3.05) is 20.0 Å². The van der Waals surface area contributed by atoms with E-state index in [1.165, 1.54) is 0 Å². The summed E-state index contributed by atoms with van der Waals surface area (Å²) >= 11 is 0. The number of terminal acetylenes is 1. The molecular weight excluding hydrogens is 152 g/mol. The summed E-state index contributed by atoms with van der Waals surface area (Å²) in [5.41, 5.74) is 0. The number of unbranched alkanes of at least 4 members (excludes halogenated alkanes) is 3. The SMILES string of the molecule is C#CCCCCCOCOCC. The molecule has 0 bridgehead atoms. The molecule has 0 aromatic carbocycles. The second-order valence-electron chi connectivity index (χ2n) is 2.53. The van der Waals surface area contributed by atoms with Gasteiger partial charge in [0.15, 0.2) is 0 Å². The lowest BCUT2D eigenvalue weighted by molar-refractivity contribution is -0.0501. The van der Waals surface area contributed by atoms with Gasteiger partial charge in [0.25, 0.3) is 0 Å². The Hall–Kier alpha value is -0.520. The average molecular weight is 170 g/mol. The third-order valence-corrected chi connectivity index (χ3v) is 1.48. The van der Waals surface area contributed by atoms with Crippen molar-refractivity contribution in [2.24, 2.45) is 0 Å². The highest BCUT2D eigenvalue weighted by molar-refractivity contribution is 4.82. The van der Waals surface area contributed by atoms with Crippen LogP contribution < -0.4 is 0 Å². The van der Waals surface area contributed by atoms with Gasteiger partial charge in [0.05, 0.1) is 0 Å². The van der Waals surface area contributed by atoms with Gasteiger partial charge in [-0.3, -0.25) is 0 Å². The monoisotopic (exact) mass is 170 g/mol. The van der Waals surface area contributed by atoms with E-state index in [0.717, 1.165) is 38.9 Å². The molecule has 0 aromatic rings. The van der Waals surface area contributed by atoms with E-state index in [1.54, 1.807) is 0 Å². The fourth-order valence-corrected chi connectivity index (χ4v) is 0.809. The van der Waals surface area contributed by atoms with Crippen molar-refractivity contribution in [2.45, 2.75) is 32.6 Å². The summed E-state index contributed by atoms with van der Waals surface area (Å²) in [6, 6.07) is 0. The molecule has 0 amide bonds. The molecule has 0 aromatic heterocycles. The molecule has 0 saturated heterocycles. The summed E-state index contributed by atoms with van der Waals surface area (Å²) in [7, 11) is 0. The molecule has 0 aliphatic heterocycles. The van der Waals surface area contributed by atoms with E-state index in [0.29, 0.717) is 6.79 Å². The smallest absolute Gasteiger partial charge is 0.146 e. The van der Waals surface area contributed by atoms with Crippen LogP contribution in [0.3, 0.4) is 0 Å². The molecule has 2 heteroatoms. The Morgan fingerprint density at radius 3 is 2.67 bits per heavy atom. The lowest BCUT2D eigenvalue weighted by Crippen LogP contribution is -2.00. The Balaban J connectivity index is 2.78. The van der Waals surface area contributed by atoms with Crippen LogP contribution in [0.25, 0.3) is 0 Å². The first kappa shape index (κ1) is 11.5. The first-order valence-electron chi connectivity index (χ1n) is 4.50. The minimum absolute atomic E-state index is 0.422. The molecule has 0 radical (unpaired) electrons. The molecule has 0 unspecified atom stereocenters. The van der Waals surface area contributed by atoms with Gasteiger partial charge < -0.3 is 9.47 Å². The highest BCUT2D eigenvalue weighted by Crippen LogP contribution is 1.98. The lowest BCUT2D eigenvalue weighted by atomic mass is 10.2. The maximum absolute atomic E-state index is 5.18. The largest absolute Gasteiger partial charge is 0.356 e. The molecule has 0 aliphatic rings. The first-order chi connectivity index (χ1) is 5.91. The van der Waals surface area contributed by atoms with Crippen LogP contribution in [0.4, 0.5) is 0 Å². The molecule has 12 heavy (non-hydrogen) atoms. The van der Waals surface area contributed by atoms with Crippen LogP contribution in [-0.2, 0) is 9.47 Å². The Kier molecular flexibility index (Phi) is 10.0. The normalized spacial score (nSPS) is 9.67. The molecule has 0 rings (SSSR count). The van der Waals surface area contributed by atoms with Crippen LogP contribution >= 0.6 is 0 Å². The molecule has 0 heterocycles. The van der Waals surface area contributed by atoms with Gasteiger partial charge in [0, 0.05) is 19.6 Å². The van der Waals surface area contributed by atoms with E-state index >= 15 is 0 Å². The summed E-state index contributed by atoms with van der Waals surface area (Å²) in [4.78, 5) is 0. The van der Waals surface area contributed by atoms with Crippen molar-refractivity contribution in [1.82, 2.24) is 0 Å². The predicted molar refractivity (Wildman–Crippen MR) is 49.7 cm³/mol. The van der Waals surface area contributed by atoms with Gasteiger partial charge in [-0.25, -0.2) is 0 Å². The van der Waals surface area contributed by atoms with Crippen LogP contribution in [0.2, 0.25) is 0 Å². The number of hydrogen-bond donors (Lipinski definition) is 0. The molecule has 0 saturated carbocycles.